The molecule has 4 heteroatoms. The average Bonchev–Trinajstić information content (AvgIpc) is 2.65. The maximum absolute atomic E-state index is 12.5. The third kappa shape index (κ3) is 1.82. The Hall–Kier alpha value is -2.13. The van der Waals surface area contributed by atoms with Crippen LogP contribution >= 0.6 is 11.6 Å². The summed E-state index contributed by atoms with van der Waals surface area (Å²) in [6.45, 7) is 3.74. The quantitative estimate of drug-likeness (QED) is 0.748. The van der Waals surface area contributed by atoms with E-state index in [9.17, 15) is 9.59 Å². The maximum Gasteiger partial charge on any atom is 0.266 e. The van der Waals surface area contributed by atoms with Crippen molar-refractivity contribution in [1.82, 2.24) is 0 Å². The van der Waals surface area contributed by atoms with Crippen molar-refractivity contribution >= 4 is 29.1 Å². The molecule has 0 spiro atoms. The van der Waals surface area contributed by atoms with Crippen LogP contribution in [-0.2, 0) is 0 Å². The van der Waals surface area contributed by atoms with E-state index in [0.717, 1.165) is 11.1 Å². The molecule has 2 aromatic carbocycles. The third-order valence-electron chi connectivity index (χ3n) is 3.45. The number of aryl methyl sites for hydroxylation is 2. The predicted octanol–water partition coefficient (Wildman–Crippen LogP) is 3.76. The first kappa shape index (κ1) is 12.9. The van der Waals surface area contributed by atoms with E-state index in [2.05, 4.69) is 0 Å². The van der Waals surface area contributed by atoms with E-state index in [1.807, 2.05) is 19.9 Å². The van der Waals surface area contributed by atoms with Gasteiger partial charge in [-0.1, -0.05) is 29.3 Å². The second kappa shape index (κ2) is 4.46. The minimum absolute atomic E-state index is 0.293. The summed E-state index contributed by atoms with van der Waals surface area (Å²) in [6, 6.07) is 10.5. The molecule has 0 fully saturated rings. The molecule has 2 amide bonds. The number of halogens is 1. The zero-order chi connectivity index (χ0) is 14.4. The van der Waals surface area contributed by atoms with Crippen LogP contribution in [0.5, 0.6) is 0 Å². The molecule has 1 heterocycles. The number of rotatable bonds is 1. The Morgan fingerprint density at radius 1 is 0.900 bits per heavy atom. The summed E-state index contributed by atoms with van der Waals surface area (Å²) in [5, 5.41) is 0.498. The first-order valence-corrected chi connectivity index (χ1v) is 6.62. The normalized spacial score (nSPS) is 13.8. The Morgan fingerprint density at radius 2 is 1.60 bits per heavy atom. The van der Waals surface area contributed by atoms with Crippen LogP contribution in [0.15, 0.2) is 36.4 Å². The van der Waals surface area contributed by atoms with Gasteiger partial charge >= 0.3 is 0 Å². The highest BCUT2D eigenvalue weighted by Gasteiger charge is 2.37. The third-order valence-corrected chi connectivity index (χ3v) is 3.69. The molecule has 0 saturated carbocycles. The fraction of sp³-hybridized carbons (Fsp3) is 0.125. The van der Waals surface area contributed by atoms with Crippen LogP contribution in [0.2, 0.25) is 5.02 Å². The van der Waals surface area contributed by atoms with Crippen molar-refractivity contribution in [3.8, 4) is 0 Å². The highest BCUT2D eigenvalue weighted by molar-refractivity contribution is 6.35. The molecule has 20 heavy (non-hydrogen) atoms. The summed E-state index contributed by atoms with van der Waals surface area (Å²) in [5.74, 6) is -0.588. The van der Waals surface area contributed by atoms with Crippen LogP contribution < -0.4 is 4.90 Å². The number of hydrogen-bond acceptors (Lipinski definition) is 2. The second-order valence-corrected chi connectivity index (χ2v) is 5.36. The van der Waals surface area contributed by atoms with E-state index in [4.69, 9.17) is 11.6 Å². The molecule has 0 bridgehead atoms. The smallest absolute Gasteiger partial charge is 0.266 e. The summed E-state index contributed by atoms with van der Waals surface area (Å²) in [7, 11) is 0. The predicted molar refractivity (Wildman–Crippen MR) is 78.5 cm³/mol. The van der Waals surface area contributed by atoms with Crippen LogP contribution in [0, 0.1) is 13.8 Å². The van der Waals surface area contributed by atoms with Crippen LogP contribution in [0.25, 0.3) is 0 Å². The van der Waals surface area contributed by atoms with Gasteiger partial charge < -0.3 is 0 Å². The first-order chi connectivity index (χ1) is 9.49. The lowest BCUT2D eigenvalue weighted by Gasteiger charge is -2.16. The molecule has 0 saturated heterocycles. The van der Waals surface area contributed by atoms with E-state index in [1.54, 1.807) is 30.3 Å². The van der Waals surface area contributed by atoms with Gasteiger partial charge in [-0.05, 0) is 43.7 Å². The van der Waals surface area contributed by atoms with Crippen molar-refractivity contribution in [1.29, 1.82) is 0 Å². The maximum atomic E-state index is 12.5. The highest BCUT2D eigenvalue weighted by Crippen LogP contribution is 2.32. The molecule has 3 nitrogen and oxygen atoms in total. The summed E-state index contributed by atoms with van der Waals surface area (Å²) < 4.78 is 0. The van der Waals surface area contributed by atoms with Crippen molar-refractivity contribution in [2.45, 2.75) is 13.8 Å². The fourth-order valence-electron chi connectivity index (χ4n) is 2.40. The van der Waals surface area contributed by atoms with Crippen molar-refractivity contribution in [3.63, 3.8) is 0 Å². The van der Waals surface area contributed by atoms with Gasteiger partial charge in [0.25, 0.3) is 11.8 Å². The number of hydrogen-bond donors (Lipinski definition) is 0. The number of fused-ring (bicyclic) bond motifs is 1. The van der Waals surface area contributed by atoms with E-state index in [0.29, 0.717) is 21.8 Å². The molecule has 0 radical (unpaired) electrons. The lowest BCUT2D eigenvalue weighted by molar-refractivity contribution is 0.0926. The monoisotopic (exact) mass is 285 g/mol. The van der Waals surface area contributed by atoms with Gasteiger partial charge in [0.05, 0.1) is 16.8 Å². The lowest BCUT2D eigenvalue weighted by Crippen LogP contribution is -2.30. The molecule has 0 aliphatic carbocycles. The van der Waals surface area contributed by atoms with Gasteiger partial charge in [0.15, 0.2) is 0 Å². The van der Waals surface area contributed by atoms with Gasteiger partial charge in [-0.25, -0.2) is 4.90 Å². The number of anilines is 1. The number of benzene rings is 2. The van der Waals surface area contributed by atoms with Gasteiger partial charge in [-0.15, -0.1) is 0 Å². The largest absolute Gasteiger partial charge is 0.268 e. The summed E-state index contributed by atoms with van der Waals surface area (Å²) in [6.07, 6.45) is 0. The van der Waals surface area contributed by atoms with Crippen LogP contribution in [-0.4, -0.2) is 11.8 Å². The molecular weight excluding hydrogens is 274 g/mol. The highest BCUT2D eigenvalue weighted by atomic mass is 35.5. The molecule has 3 rings (SSSR count). The second-order valence-electron chi connectivity index (χ2n) is 4.93. The van der Waals surface area contributed by atoms with Gasteiger partial charge in [-0.3, -0.25) is 9.59 Å². The van der Waals surface area contributed by atoms with E-state index >= 15 is 0 Å². The van der Waals surface area contributed by atoms with E-state index in [1.165, 1.54) is 4.90 Å². The Morgan fingerprint density at radius 3 is 2.35 bits per heavy atom. The summed E-state index contributed by atoms with van der Waals surface area (Å²) >= 11 is 5.98. The standard InChI is InChI=1S/C16H12ClNO2/c1-9-3-6-12-13(7-9)16(20)18(15(12)19)14-8-11(17)5-4-10(14)2/h3-8H,1-2H3. The minimum Gasteiger partial charge on any atom is -0.268 e. The van der Waals surface area contributed by atoms with Crippen molar-refractivity contribution < 1.29 is 9.59 Å². The number of nitrogens with zero attached hydrogens (tertiary/aromatic N) is 1. The lowest BCUT2D eigenvalue weighted by atomic mass is 10.1. The van der Waals surface area contributed by atoms with Gasteiger partial charge in [-0.2, -0.15) is 0 Å². The van der Waals surface area contributed by atoms with Crippen LogP contribution in [0.4, 0.5) is 5.69 Å². The zero-order valence-electron chi connectivity index (χ0n) is 11.1. The molecular formula is C16H12ClNO2. The molecule has 100 valence electrons. The molecule has 2 aromatic rings. The number of amides is 2. The Bertz CT molecular complexity index is 752. The van der Waals surface area contributed by atoms with E-state index < -0.39 is 0 Å². The molecule has 1 aliphatic heterocycles. The van der Waals surface area contributed by atoms with Gasteiger partial charge in [0, 0.05) is 5.02 Å². The van der Waals surface area contributed by atoms with Crippen LogP contribution in [0.3, 0.4) is 0 Å². The topological polar surface area (TPSA) is 37.4 Å². The SMILES string of the molecule is Cc1ccc2c(c1)C(=O)N(c1cc(Cl)ccc1C)C2=O. The minimum atomic E-state index is -0.296. The Balaban J connectivity index is 2.16. The zero-order valence-corrected chi connectivity index (χ0v) is 11.9. The molecule has 1 aliphatic rings. The van der Waals surface area contributed by atoms with E-state index in [-0.39, 0.29) is 11.8 Å². The van der Waals surface area contributed by atoms with Gasteiger partial charge in [0.1, 0.15) is 0 Å². The first-order valence-electron chi connectivity index (χ1n) is 6.24. The van der Waals surface area contributed by atoms with Crippen molar-refractivity contribution in [2.24, 2.45) is 0 Å². The number of carbonyl (C=O) groups is 2. The van der Waals surface area contributed by atoms with Crippen LogP contribution in [0.1, 0.15) is 31.8 Å². The van der Waals surface area contributed by atoms with Crippen molar-refractivity contribution in [3.05, 3.63) is 63.7 Å². The van der Waals surface area contributed by atoms with Gasteiger partial charge in [0.2, 0.25) is 0 Å². The molecule has 0 aromatic heterocycles. The molecule has 0 N–H and O–H groups in total. The molecule has 0 atom stereocenters. The number of carbonyl (C=O) groups excluding carboxylic acids is 2. The summed E-state index contributed by atoms with van der Waals surface area (Å²) in [5.41, 5.74) is 3.23. The Kier molecular flexibility index (Phi) is 2.87. The summed E-state index contributed by atoms with van der Waals surface area (Å²) in [4.78, 5) is 26.1. The average molecular weight is 286 g/mol. The van der Waals surface area contributed by atoms with Crippen molar-refractivity contribution in [2.75, 3.05) is 4.90 Å². The molecule has 0 unspecified atom stereocenters. The number of imide groups is 1. The fourth-order valence-corrected chi connectivity index (χ4v) is 2.56. The Labute approximate surface area is 121 Å².